The number of H-pyrrole nitrogens is 1. The van der Waals surface area contributed by atoms with E-state index >= 15 is 0 Å². The number of fused-ring (bicyclic) bond motifs is 2. The molecule has 9 nitrogen and oxygen atoms in total. The SMILES string of the molecule is CC[C@H]1CN(C(=O)Cc2ccc(CN3CCN(C)CC3)c(C(F)(F)F)c2)Cc2cc(Oc3ccnc4[nH]c(C(C)=O)cc34)cnc21. The number of carbonyl (C=O) groups is 2. The van der Waals surface area contributed by atoms with Crippen molar-refractivity contribution in [2.24, 2.45) is 0 Å². The van der Waals surface area contributed by atoms with Gasteiger partial charge in [-0.25, -0.2) is 4.98 Å². The van der Waals surface area contributed by atoms with E-state index in [4.69, 9.17) is 4.74 Å². The van der Waals surface area contributed by atoms with Crippen LogP contribution in [-0.2, 0) is 30.5 Å². The van der Waals surface area contributed by atoms with Crippen molar-refractivity contribution >= 4 is 22.7 Å². The molecule has 1 amide bonds. The number of alkyl halides is 3. The lowest BCUT2D eigenvalue weighted by Gasteiger charge is -2.34. The van der Waals surface area contributed by atoms with Gasteiger partial charge >= 0.3 is 6.18 Å². The lowest BCUT2D eigenvalue weighted by atomic mass is 9.92. The minimum absolute atomic E-state index is 0.0196. The fourth-order valence-corrected chi connectivity index (χ4v) is 6.26. The third kappa shape index (κ3) is 6.78. The molecule has 0 saturated carbocycles. The van der Waals surface area contributed by atoms with E-state index in [-0.39, 0.29) is 42.7 Å². The van der Waals surface area contributed by atoms with E-state index in [2.05, 4.69) is 19.9 Å². The van der Waals surface area contributed by atoms with Gasteiger partial charge in [0.15, 0.2) is 5.78 Å². The van der Waals surface area contributed by atoms with Crippen LogP contribution in [0.5, 0.6) is 11.5 Å². The van der Waals surface area contributed by atoms with Gasteiger partial charge in [0.25, 0.3) is 0 Å². The van der Waals surface area contributed by atoms with Gasteiger partial charge in [0.05, 0.1) is 35.0 Å². The number of likely N-dealkylation sites (N-methyl/N-ethyl adjacent to an activating group) is 1. The van der Waals surface area contributed by atoms with Crippen LogP contribution < -0.4 is 4.74 Å². The number of ether oxygens (including phenoxy) is 1. The minimum Gasteiger partial charge on any atom is -0.455 e. The molecule has 1 N–H and O–H groups in total. The zero-order valence-electron chi connectivity index (χ0n) is 26.2. The number of aromatic amines is 1. The number of hydrogen-bond donors (Lipinski definition) is 1. The van der Waals surface area contributed by atoms with Crippen molar-refractivity contribution in [1.82, 2.24) is 29.7 Å². The number of amides is 1. The molecule has 0 radical (unpaired) electrons. The van der Waals surface area contributed by atoms with E-state index in [1.54, 1.807) is 35.5 Å². The van der Waals surface area contributed by atoms with Gasteiger partial charge in [-0.1, -0.05) is 19.1 Å². The lowest BCUT2D eigenvalue weighted by Crippen LogP contribution is -2.44. The van der Waals surface area contributed by atoms with Gasteiger partial charge in [0.1, 0.15) is 17.1 Å². The molecule has 46 heavy (non-hydrogen) atoms. The summed E-state index contributed by atoms with van der Waals surface area (Å²) in [5, 5.41) is 0.654. The fraction of sp³-hybridized carbons (Fsp3) is 0.412. The van der Waals surface area contributed by atoms with Gasteiger partial charge in [0, 0.05) is 64.9 Å². The molecule has 0 bridgehead atoms. The van der Waals surface area contributed by atoms with Crippen LogP contribution in [0.2, 0.25) is 0 Å². The van der Waals surface area contributed by atoms with Crippen LogP contribution in [0.4, 0.5) is 13.2 Å². The van der Waals surface area contributed by atoms with E-state index in [1.165, 1.54) is 13.0 Å². The molecule has 0 spiro atoms. The summed E-state index contributed by atoms with van der Waals surface area (Å²) in [5.41, 5.74) is 2.55. The Kier molecular flexibility index (Phi) is 8.84. The summed E-state index contributed by atoms with van der Waals surface area (Å²) >= 11 is 0. The Morgan fingerprint density at radius 3 is 2.57 bits per heavy atom. The molecule has 242 valence electrons. The molecule has 3 aromatic heterocycles. The highest BCUT2D eigenvalue weighted by molar-refractivity contribution is 5.98. The van der Waals surface area contributed by atoms with E-state index < -0.39 is 11.7 Å². The summed E-state index contributed by atoms with van der Waals surface area (Å²) in [5.74, 6) is 0.588. The second-order valence-corrected chi connectivity index (χ2v) is 12.3. The Bertz CT molecular complexity index is 1760. The molecule has 4 aromatic rings. The standard InChI is InChI=1S/C34H37F3N6O3/c1-4-23-19-43(31(45)14-22-5-6-24(28(13-22)34(35,36)37)18-42-11-9-41(3)10-12-42)20-25-15-26(17-39-32(23)25)46-30-7-8-38-33-27(30)16-29(40-33)21(2)44/h5-8,13,15-17,23H,4,9-12,14,18-20H2,1-3H3,(H,38,40)/t23-/m0/s1. The molecule has 2 aliphatic heterocycles. The number of aromatic nitrogens is 3. The summed E-state index contributed by atoms with van der Waals surface area (Å²) in [6, 6.07) is 9.56. The van der Waals surface area contributed by atoms with Crippen LogP contribution >= 0.6 is 0 Å². The Morgan fingerprint density at radius 1 is 1.07 bits per heavy atom. The number of piperazine rings is 1. The van der Waals surface area contributed by atoms with Crippen molar-refractivity contribution in [2.45, 2.75) is 51.9 Å². The maximum Gasteiger partial charge on any atom is 0.416 e. The Morgan fingerprint density at radius 2 is 1.85 bits per heavy atom. The van der Waals surface area contributed by atoms with Crippen molar-refractivity contribution in [1.29, 1.82) is 0 Å². The van der Waals surface area contributed by atoms with Crippen molar-refractivity contribution in [3.8, 4) is 11.5 Å². The van der Waals surface area contributed by atoms with Gasteiger partial charge < -0.3 is 19.5 Å². The quantitative estimate of drug-likeness (QED) is 0.245. The zero-order chi connectivity index (χ0) is 32.6. The van der Waals surface area contributed by atoms with E-state index in [1.807, 2.05) is 24.9 Å². The summed E-state index contributed by atoms with van der Waals surface area (Å²) < 4.78 is 48.6. The molecular weight excluding hydrogens is 597 g/mol. The molecule has 6 rings (SSSR count). The smallest absolute Gasteiger partial charge is 0.416 e. The predicted molar refractivity (Wildman–Crippen MR) is 167 cm³/mol. The second kappa shape index (κ2) is 12.8. The van der Waals surface area contributed by atoms with Gasteiger partial charge in [-0.2, -0.15) is 13.2 Å². The number of nitrogens with one attached hydrogen (secondary N) is 1. The average Bonchev–Trinajstić information content (AvgIpc) is 3.48. The Hall–Kier alpha value is -4.29. The molecule has 1 fully saturated rings. The Balaban J connectivity index is 1.19. The molecule has 0 unspecified atom stereocenters. The van der Waals surface area contributed by atoms with Crippen LogP contribution in [0.1, 0.15) is 64.6 Å². The van der Waals surface area contributed by atoms with Gasteiger partial charge in [0.2, 0.25) is 5.91 Å². The van der Waals surface area contributed by atoms with Crippen molar-refractivity contribution < 1.29 is 27.5 Å². The lowest BCUT2D eigenvalue weighted by molar-refractivity contribution is -0.138. The minimum atomic E-state index is -4.52. The summed E-state index contributed by atoms with van der Waals surface area (Å²) in [4.78, 5) is 43.3. The number of pyridine rings is 2. The predicted octanol–water partition coefficient (Wildman–Crippen LogP) is 5.80. The molecule has 2 aliphatic rings. The van der Waals surface area contributed by atoms with Gasteiger partial charge in [-0.15, -0.1) is 0 Å². The maximum atomic E-state index is 14.2. The first-order valence-electron chi connectivity index (χ1n) is 15.5. The number of rotatable bonds is 8. The molecule has 5 heterocycles. The van der Waals surface area contributed by atoms with Crippen LogP contribution in [0.25, 0.3) is 11.0 Å². The summed E-state index contributed by atoms with van der Waals surface area (Å²) in [6.45, 7) is 7.48. The number of halogens is 3. The molecule has 1 saturated heterocycles. The Labute approximate surface area is 265 Å². The maximum absolute atomic E-state index is 14.2. The van der Waals surface area contributed by atoms with Crippen LogP contribution in [-0.4, -0.2) is 81.1 Å². The van der Waals surface area contributed by atoms with Crippen LogP contribution in [0, 0.1) is 0 Å². The van der Waals surface area contributed by atoms with E-state index in [0.717, 1.165) is 36.8 Å². The van der Waals surface area contributed by atoms with E-state index in [0.29, 0.717) is 53.4 Å². The number of benzene rings is 1. The highest BCUT2D eigenvalue weighted by Crippen LogP contribution is 2.36. The van der Waals surface area contributed by atoms with Crippen molar-refractivity contribution in [2.75, 3.05) is 39.8 Å². The summed E-state index contributed by atoms with van der Waals surface area (Å²) in [7, 11) is 2.01. The van der Waals surface area contributed by atoms with Gasteiger partial charge in [-0.3, -0.25) is 19.5 Å². The first kappa shape index (κ1) is 31.7. The number of hydrogen-bond acceptors (Lipinski definition) is 7. The normalized spacial score (nSPS) is 17.7. The monoisotopic (exact) mass is 634 g/mol. The number of Topliss-reactive ketones (excluding diaryl/α,β-unsaturated/α-hetero) is 1. The number of carbonyl (C=O) groups excluding carboxylic acids is 2. The molecule has 1 atom stereocenters. The van der Waals surface area contributed by atoms with Crippen LogP contribution in [0.15, 0.2) is 48.8 Å². The number of nitrogens with zero attached hydrogens (tertiary/aromatic N) is 5. The second-order valence-electron chi connectivity index (χ2n) is 12.3. The zero-order valence-corrected chi connectivity index (χ0v) is 26.2. The molecular formula is C34H37F3N6O3. The molecule has 1 aromatic carbocycles. The van der Waals surface area contributed by atoms with E-state index in [9.17, 15) is 22.8 Å². The summed E-state index contributed by atoms with van der Waals surface area (Å²) in [6.07, 6.45) is -0.679. The third-order valence-corrected chi connectivity index (χ3v) is 8.93. The average molecular weight is 635 g/mol. The molecule has 0 aliphatic carbocycles. The highest BCUT2D eigenvalue weighted by Gasteiger charge is 2.35. The van der Waals surface area contributed by atoms with Crippen molar-refractivity contribution in [3.63, 3.8) is 0 Å². The van der Waals surface area contributed by atoms with Crippen LogP contribution in [0.3, 0.4) is 0 Å². The first-order valence-corrected chi connectivity index (χ1v) is 15.5. The first-order chi connectivity index (χ1) is 22.0. The highest BCUT2D eigenvalue weighted by atomic mass is 19.4. The fourth-order valence-electron chi connectivity index (χ4n) is 6.26. The third-order valence-electron chi connectivity index (χ3n) is 8.93. The number of ketones is 1. The topological polar surface area (TPSA) is 94.7 Å². The van der Waals surface area contributed by atoms with Gasteiger partial charge in [-0.05, 0) is 54.4 Å². The van der Waals surface area contributed by atoms with Crippen molar-refractivity contribution in [3.05, 3.63) is 82.4 Å². The largest absolute Gasteiger partial charge is 0.455 e. The molecule has 12 heteroatoms.